The summed E-state index contributed by atoms with van der Waals surface area (Å²) in [5.74, 6) is -0.425. The molecule has 2 aromatic rings. The lowest BCUT2D eigenvalue weighted by molar-refractivity contribution is 0.0925. The van der Waals surface area contributed by atoms with E-state index >= 15 is 0 Å². The van der Waals surface area contributed by atoms with Crippen LogP contribution >= 0.6 is 15.9 Å². The van der Waals surface area contributed by atoms with Crippen LogP contribution in [0.25, 0.3) is 0 Å². The number of anilines is 1. The molecule has 0 unspecified atom stereocenters. The van der Waals surface area contributed by atoms with Gasteiger partial charge in [0.25, 0.3) is 11.8 Å². The van der Waals surface area contributed by atoms with Crippen molar-refractivity contribution in [2.45, 2.75) is 6.92 Å². The molecule has 0 aromatic carbocycles. The molecule has 0 N–H and O–H groups in total. The summed E-state index contributed by atoms with van der Waals surface area (Å²) in [7, 11) is 0. The van der Waals surface area contributed by atoms with Crippen LogP contribution < -0.4 is 4.90 Å². The molecule has 1 aliphatic heterocycles. The molecule has 0 aliphatic carbocycles. The number of carbonyl (C=O) groups is 2. The summed E-state index contributed by atoms with van der Waals surface area (Å²) in [4.78, 5) is 33.5. The zero-order valence-corrected chi connectivity index (χ0v) is 11.5. The van der Waals surface area contributed by atoms with Gasteiger partial charge in [0, 0.05) is 23.1 Å². The number of halogens is 1. The summed E-state index contributed by atoms with van der Waals surface area (Å²) in [5, 5.41) is 0. The second kappa shape index (κ2) is 4.24. The van der Waals surface area contributed by atoms with Gasteiger partial charge in [0.1, 0.15) is 5.82 Å². The number of pyridine rings is 2. The van der Waals surface area contributed by atoms with Crippen LogP contribution in [-0.2, 0) is 0 Å². The third-order valence-electron chi connectivity index (χ3n) is 2.95. The van der Waals surface area contributed by atoms with Gasteiger partial charge in [0.2, 0.25) is 0 Å². The van der Waals surface area contributed by atoms with Crippen molar-refractivity contribution in [2.75, 3.05) is 4.90 Å². The highest BCUT2D eigenvalue weighted by molar-refractivity contribution is 9.10. The fourth-order valence-corrected chi connectivity index (χ4v) is 2.16. The number of rotatable bonds is 1. The van der Waals surface area contributed by atoms with Crippen LogP contribution in [0.3, 0.4) is 0 Å². The van der Waals surface area contributed by atoms with Crippen molar-refractivity contribution >= 4 is 33.6 Å². The summed E-state index contributed by atoms with van der Waals surface area (Å²) in [6.45, 7) is 1.87. The maximum atomic E-state index is 12.2. The summed E-state index contributed by atoms with van der Waals surface area (Å²) < 4.78 is 0.828. The first-order chi connectivity index (χ1) is 9.09. The molecule has 0 bridgehead atoms. The first kappa shape index (κ1) is 12.0. The predicted molar refractivity (Wildman–Crippen MR) is 72.1 cm³/mol. The zero-order chi connectivity index (χ0) is 13.6. The molecule has 0 radical (unpaired) electrons. The number of aromatic nitrogens is 2. The van der Waals surface area contributed by atoms with E-state index in [2.05, 4.69) is 25.9 Å². The Morgan fingerprint density at radius 1 is 1.16 bits per heavy atom. The Kier molecular flexibility index (Phi) is 2.67. The van der Waals surface area contributed by atoms with E-state index in [1.54, 1.807) is 18.3 Å². The number of nitrogens with zero attached hydrogens (tertiary/aromatic N) is 3. The third kappa shape index (κ3) is 1.76. The van der Waals surface area contributed by atoms with E-state index in [0.29, 0.717) is 16.9 Å². The molecular formula is C13H8BrN3O2. The van der Waals surface area contributed by atoms with E-state index in [9.17, 15) is 9.59 Å². The molecule has 3 heterocycles. The number of hydrogen-bond donors (Lipinski definition) is 0. The van der Waals surface area contributed by atoms with Crippen molar-refractivity contribution < 1.29 is 9.59 Å². The van der Waals surface area contributed by atoms with Crippen molar-refractivity contribution in [2.24, 2.45) is 0 Å². The number of carbonyl (C=O) groups excluding carboxylic acids is 2. The lowest BCUT2D eigenvalue weighted by atomic mass is 10.2. The van der Waals surface area contributed by atoms with E-state index in [-0.39, 0.29) is 11.8 Å². The Morgan fingerprint density at radius 2 is 1.89 bits per heavy atom. The van der Waals surface area contributed by atoms with E-state index < -0.39 is 0 Å². The summed E-state index contributed by atoms with van der Waals surface area (Å²) in [6, 6.07) is 3.24. The topological polar surface area (TPSA) is 63.2 Å². The Labute approximate surface area is 117 Å². The first-order valence-corrected chi connectivity index (χ1v) is 6.34. The SMILES string of the molecule is Cc1cc(N2C(=O)c3ccncc3C2=O)ncc1Br. The molecule has 6 heteroatoms. The van der Waals surface area contributed by atoms with Gasteiger partial charge in [-0.25, -0.2) is 9.88 Å². The van der Waals surface area contributed by atoms with Crippen LogP contribution in [0.4, 0.5) is 5.82 Å². The molecular weight excluding hydrogens is 310 g/mol. The predicted octanol–water partition coefficient (Wildman–Crippen LogP) is 2.35. The van der Waals surface area contributed by atoms with Crippen molar-refractivity contribution in [1.29, 1.82) is 0 Å². The van der Waals surface area contributed by atoms with Crippen LogP contribution in [0.5, 0.6) is 0 Å². The van der Waals surface area contributed by atoms with Gasteiger partial charge in [-0.15, -0.1) is 0 Å². The second-order valence-corrected chi connectivity index (χ2v) is 5.01. The Hall–Kier alpha value is -2.08. The largest absolute Gasteiger partial charge is 0.268 e. The quantitative estimate of drug-likeness (QED) is 0.757. The Bertz CT molecular complexity index is 680. The average molecular weight is 318 g/mol. The van der Waals surface area contributed by atoms with E-state index in [1.807, 2.05) is 6.92 Å². The molecule has 0 spiro atoms. The minimum absolute atomic E-state index is 0.315. The van der Waals surface area contributed by atoms with E-state index in [1.165, 1.54) is 12.4 Å². The molecule has 1 aliphatic rings. The lowest BCUT2D eigenvalue weighted by Gasteiger charge is -2.13. The minimum Gasteiger partial charge on any atom is -0.268 e. The van der Waals surface area contributed by atoms with Crippen LogP contribution in [0.2, 0.25) is 0 Å². The van der Waals surface area contributed by atoms with Crippen LogP contribution in [-0.4, -0.2) is 21.8 Å². The highest BCUT2D eigenvalue weighted by atomic mass is 79.9. The third-order valence-corrected chi connectivity index (χ3v) is 3.78. The average Bonchev–Trinajstić information content (AvgIpc) is 2.66. The van der Waals surface area contributed by atoms with E-state index in [0.717, 1.165) is 14.9 Å². The number of imide groups is 1. The number of fused-ring (bicyclic) bond motifs is 1. The molecule has 0 fully saturated rings. The standard InChI is InChI=1S/C13H8BrN3O2/c1-7-4-11(16-6-10(7)14)17-12(18)8-2-3-15-5-9(8)13(17)19/h2-6H,1H3. The fraction of sp³-hybridized carbons (Fsp3) is 0.0769. The van der Waals surface area contributed by atoms with Crippen LogP contribution in [0.1, 0.15) is 26.3 Å². The minimum atomic E-state index is -0.387. The van der Waals surface area contributed by atoms with Crippen molar-refractivity contribution in [1.82, 2.24) is 9.97 Å². The molecule has 3 rings (SSSR count). The normalized spacial score (nSPS) is 13.9. The molecule has 0 saturated carbocycles. The van der Waals surface area contributed by atoms with Gasteiger partial charge in [-0.3, -0.25) is 14.6 Å². The number of aryl methyl sites for hydroxylation is 1. The zero-order valence-electron chi connectivity index (χ0n) is 9.92. The smallest absolute Gasteiger partial charge is 0.268 e. The number of amides is 2. The molecule has 94 valence electrons. The maximum Gasteiger partial charge on any atom is 0.268 e. The Morgan fingerprint density at radius 3 is 2.58 bits per heavy atom. The monoisotopic (exact) mass is 317 g/mol. The highest BCUT2D eigenvalue weighted by Gasteiger charge is 2.37. The van der Waals surface area contributed by atoms with Gasteiger partial charge in [-0.05, 0) is 40.5 Å². The molecule has 0 saturated heterocycles. The second-order valence-electron chi connectivity index (χ2n) is 4.16. The molecule has 2 amide bonds. The fourth-order valence-electron chi connectivity index (χ4n) is 1.94. The van der Waals surface area contributed by atoms with Gasteiger partial charge in [-0.2, -0.15) is 0 Å². The number of hydrogen-bond acceptors (Lipinski definition) is 4. The van der Waals surface area contributed by atoms with Gasteiger partial charge in [0.05, 0.1) is 11.1 Å². The lowest BCUT2D eigenvalue weighted by Crippen LogP contribution is -2.30. The summed E-state index contributed by atoms with van der Waals surface area (Å²) in [5.41, 5.74) is 1.58. The highest BCUT2D eigenvalue weighted by Crippen LogP contribution is 2.28. The molecule has 5 nitrogen and oxygen atoms in total. The van der Waals surface area contributed by atoms with Gasteiger partial charge < -0.3 is 0 Å². The molecule has 2 aromatic heterocycles. The molecule has 0 atom stereocenters. The Balaban J connectivity index is 2.11. The van der Waals surface area contributed by atoms with Crippen LogP contribution in [0, 0.1) is 6.92 Å². The van der Waals surface area contributed by atoms with Crippen molar-refractivity contribution in [3.8, 4) is 0 Å². The first-order valence-electron chi connectivity index (χ1n) is 5.54. The maximum absolute atomic E-state index is 12.2. The molecule has 19 heavy (non-hydrogen) atoms. The van der Waals surface area contributed by atoms with Gasteiger partial charge in [-0.1, -0.05) is 0 Å². The van der Waals surface area contributed by atoms with Gasteiger partial charge in [0.15, 0.2) is 0 Å². The van der Waals surface area contributed by atoms with Crippen LogP contribution in [0.15, 0.2) is 35.2 Å². The summed E-state index contributed by atoms with van der Waals surface area (Å²) in [6.07, 6.45) is 4.47. The summed E-state index contributed by atoms with van der Waals surface area (Å²) >= 11 is 3.34. The van der Waals surface area contributed by atoms with Crippen molar-refractivity contribution in [3.05, 3.63) is 51.9 Å². The van der Waals surface area contributed by atoms with E-state index in [4.69, 9.17) is 0 Å². The van der Waals surface area contributed by atoms with Crippen molar-refractivity contribution in [3.63, 3.8) is 0 Å². The van der Waals surface area contributed by atoms with Gasteiger partial charge >= 0.3 is 0 Å².